The van der Waals surface area contributed by atoms with Gasteiger partial charge in [0.25, 0.3) is 5.91 Å². The minimum absolute atomic E-state index is 0.0706. The molecule has 2 aromatic rings. The molecule has 0 aliphatic heterocycles. The zero-order valence-corrected chi connectivity index (χ0v) is 17.9. The molecule has 0 spiro atoms. The van der Waals surface area contributed by atoms with Crippen LogP contribution in [0.3, 0.4) is 0 Å². The molecular weight excluding hydrogens is 364 g/mol. The number of benzene rings is 2. The molecule has 2 aromatic carbocycles. The third kappa shape index (κ3) is 7.14. The second-order valence-electron chi connectivity index (χ2n) is 6.70. The van der Waals surface area contributed by atoms with Crippen LogP contribution in [0.2, 0.25) is 0 Å². The van der Waals surface area contributed by atoms with Crippen molar-refractivity contribution in [1.82, 2.24) is 15.5 Å². The maximum Gasteiger partial charge on any atom is 0.251 e. The van der Waals surface area contributed by atoms with E-state index in [4.69, 9.17) is 9.73 Å². The van der Waals surface area contributed by atoms with Crippen LogP contribution in [0.5, 0.6) is 5.75 Å². The van der Waals surface area contributed by atoms with Gasteiger partial charge >= 0.3 is 0 Å². The first-order chi connectivity index (χ1) is 14.1. The number of guanidine groups is 1. The highest BCUT2D eigenvalue weighted by Gasteiger charge is 2.07. The number of nitrogens with zero attached hydrogens (tertiary/aromatic N) is 2. The Morgan fingerprint density at radius 3 is 2.52 bits per heavy atom. The number of nitrogens with one attached hydrogen (secondary N) is 2. The number of rotatable bonds is 9. The van der Waals surface area contributed by atoms with Crippen molar-refractivity contribution in [2.75, 3.05) is 33.8 Å². The van der Waals surface area contributed by atoms with Gasteiger partial charge in [-0.1, -0.05) is 24.3 Å². The van der Waals surface area contributed by atoms with Crippen molar-refractivity contribution in [2.45, 2.75) is 26.8 Å². The van der Waals surface area contributed by atoms with E-state index in [-0.39, 0.29) is 5.91 Å². The molecule has 2 rings (SSSR count). The summed E-state index contributed by atoms with van der Waals surface area (Å²) < 4.78 is 5.50. The minimum atomic E-state index is -0.0706. The Balaban J connectivity index is 1.98. The van der Waals surface area contributed by atoms with Gasteiger partial charge in [-0.15, -0.1) is 0 Å². The molecule has 6 nitrogen and oxygen atoms in total. The van der Waals surface area contributed by atoms with Crippen LogP contribution in [0.25, 0.3) is 0 Å². The van der Waals surface area contributed by atoms with Gasteiger partial charge < -0.3 is 20.3 Å². The third-order valence-electron chi connectivity index (χ3n) is 4.43. The Labute approximate surface area is 174 Å². The number of aliphatic imine (C=N–C) groups is 1. The van der Waals surface area contributed by atoms with Crippen LogP contribution in [-0.4, -0.2) is 50.6 Å². The van der Waals surface area contributed by atoms with E-state index < -0.39 is 0 Å². The highest BCUT2D eigenvalue weighted by Crippen LogP contribution is 2.13. The molecule has 0 aromatic heterocycles. The highest BCUT2D eigenvalue weighted by atomic mass is 16.5. The monoisotopic (exact) mass is 396 g/mol. The van der Waals surface area contributed by atoms with Gasteiger partial charge in [0, 0.05) is 39.3 Å². The molecule has 156 valence electrons. The maximum atomic E-state index is 11.8. The van der Waals surface area contributed by atoms with Crippen LogP contribution in [0.15, 0.2) is 53.5 Å². The molecule has 1 amide bonds. The molecule has 0 aliphatic carbocycles. The second-order valence-corrected chi connectivity index (χ2v) is 6.70. The summed E-state index contributed by atoms with van der Waals surface area (Å²) in [6.07, 6.45) is 0.774. The number of hydrogen-bond acceptors (Lipinski definition) is 3. The lowest BCUT2D eigenvalue weighted by molar-refractivity contribution is 0.0963. The number of carbonyl (C=O) groups is 1. The van der Waals surface area contributed by atoms with E-state index in [0.29, 0.717) is 18.7 Å². The fourth-order valence-electron chi connectivity index (χ4n) is 2.98. The van der Waals surface area contributed by atoms with Crippen LogP contribution in [-0.2, 0) is 13.0 Å². The van der Waals surface area contributed by atoms with E-state index in [1.165, 1.54) is 5.56 Å². The summed E-state index contributed by atoms with van der Waals surface area (Å²) in [7, 11) is 3.67. The Kier molecular flexibility index (Phi) is 9.02. The van der Waals surface area contributed by atoms with Crippen molar-refractivity contribution < 1.29 is 9.53 Å². The first kappa shape index (κ1) is 22.3. The van der Waals surface area contributed by atoms with Gasteiger partial charge in [-0.3, -0.25) is 9.79 Å². The average molecular weight is 397 g/mol. The molecule has 0 atom stereocenters. The molecule has 0 heterocycles. The predicted octanol–water partition coefficient (Wildman–Crippen LogP) is 3.08. The molecule has 0 radical (unpaired) electrons. The zero-order chi connectivity index (χ0) is 21.1. The normalized spacial score (nSPS) is 11.1. The molecule has 0 unspecified atom stereocenters. The van der Waals surface area contributed by atoms with Crippen molar-refractivity contribution in [3.63, 3.8) is 0 Å². The molecule has 2 N–H and O–H groups in total. The Hall–Kier alpha value is -3.02. The number of hydrogen-bond donors (Lipinski definition) is 2. The van der Waals surface area contributed by atoms with Gasteiger partial charge in [-0.2, -0.15) is 0 Å². The molecule has 0 aliphatic rings. The summed E-state index contributed by atoms with van der Waals surface area (Å²) in [5.74, 6) is 1.68. The minimum Gasteiger partial charge on any atom is -0.494 e. The summed E-state index contributed by atoms with van der Waals surface area (Å²) in [6.45, 7) is 6.92. The van der Waals surface area contributed by atoms with Gasteiger partial charge in [0.15, 0.2) is 5.96 Å². The molecule has 0 saturated carbocycles. The summed E-state index contributed by atoms with van der Waals surface area (Å²) in [5, 5.41) is 6.00. The Bertz CT molecular complexity index is 803. The lowest BCUT2D eigenvalue weighted by Crippen LogP contribution is -2.38. The van der Waals surface area contributed by atoms with Crippen molar-refractivity contribution in [3.05, 3.63) is 65.2 Å². The first-order valence-corrected chi connectivity index (χ1v) is 10.1. The van der Waals surface area contributed by atoms with Crippen molar-refractivity contribution >= 4 is 11.9 Å². The summed E-state index contributed by atoms with van der Waals surface area (Å²) >= 11 is 0. The van der Waals surface area contributed by atoms with Gasteiger partial charge in [0.2, 0.25) is 0 Å². The summed E-state index contributed by atoms with van der Waals surface area (Å²) in [6, 6.07) is 15.8. The predicted molar refractivity (Wildman–Crippen MR) is 119 cm³/mol. The summed E-state index contributed by atoms with van der Waals surface area (Å²) in [5.41, 5.74) is 2.97. The van der Waals surface area contributed by atoms with Crippen molar-refractivity contribution in [1.29, 1.82) is 0 Å². The van der Waals surface area contributed by atoms with Gasteiger partial charge in [0.05, 0.1) is 6.61 Å². The zero-order valence-electron chi connectivity index (χ0n) is 17.9. The molecule has 0 bridgehead atoms. The van der Waals surface area contributed by atoms with E-state index >= 15 is 0 Å². The SMILES string of the molecule is CCNC(=NCCc1cccc(C(=O)NC)c1)N(C)Cc1ccc(OCC)cc1. The third-order valence-corrected chi connectivity index (χ3v) is 4.43. The molecule has 29 heavy (non-hydrogen) atoms. The first-order valence-electron chi connectivity index (χ1n) is 10.1. The summed E-state index contributed by atoms with van der Waals surface area (Å²) in [4.78, 5) is 18.7. The van der Waals surface area contributed by atoms with Gasteiger partial charge in [-0.25, -0.2) is 0 Å². The van der Waals surface area contributed by atoms with Crippen LogP contribution >= 0.6 is 0 Å². The van der Waals surface area contributed by atoms with E-state index in [1.807, 2.05) is 50.4 Å². The van der Waals surface area contributed by atoms with Gasteiger partial charge in [0.1, 0.15) is 5.75 Å². The quantitative estimate of drug-likeness (QED) is 0.505. The molecular formula is C23H32N4O2. The molecule has 0 saturated heterocycles. The number of ether oxygens (including phenoxy) is 1. The van der Waals surface area contributed by atoms with Crippen LogP contribution < -0.4 is 15.4 Å². The van der Waals surface area contributed by atoms with Crippen LogP contribution in [0.4, 0.5) is 0 Å². The lowest BCUT2D eigenvalue weighted by Gasteiger charge is -2.22. The fraction of sp³-hybridized carbons (Fsp3) is 0.391. The highest BCUT2D eigenvalue weighted by molar-refractivity contribution is 5.94. The number of carbonyl (C=O) groups excluding carboxylic acids is 1. The average Bonchev–Trinajstić information content (AvgIpc) is 2.74. The van der Waals surface area contributed by atoms with E-state index in [2.05, 4.69) is 34.6 Å². The second kappa shape index (κ2) is 11.7. The van der Waals surface area contributed by atoms with E-state index in [0.717, 1.165) is 36.8 Å². The van der Waals surface area contributed by atoms with Crippen molar-refractivity contribution in [2.24, 2.45) is 4.99 Å². The van der Waals surface area contributed by atoms with Crippen LogP contribution in [0, 0.1) is 0 Å². The largest absolute Gasteiger partial charge is 0.494 e. The number of amides is 1. The molecule has 6 heteroatoms. The van der Waals surface area contributed by atoms with E-state index in [1.54, 1.807) is 7.05 Å². The van der Waals surface area contributed by atoms with E-state index in [9.17, 15) is 4.79 Å². The molecule has 0 fully saturated rings. The Morgan fingerprint density at radius 1 is 1.10 bits per heavy atom. The van der Waals surface area contributed by atoms with Gasteiger partial charge in [-0.05, 0) is 55.7 Å². The topological polar surface area (TPSA) is 66.0 Å². The fourth-order valence-corrected chi connectivity index (χ4v) is 2.98. The van der Waals surface area contributed by atoms with Crippen molar-refractivity contribution in [3.8, 4) is 5.75 Å². The van der Waals surface area contributed by atoms with Crippen LogP contribution in [0.1, 0.15) is 35.3 Å². The smallest absolute Gasteiger partial charge is 0.251 e. The lowest BCUT2D eigenvalue weighted by atomic mass is 10.1. The standard InChI is InChI=1S/C23H32N4O2/c1-5-25-23(27(4)17-19-10-12-21(13-11-19)29-6-2)26-15-14-18-8-7-9-20(16-18)22(28)24-3/h7-13,16H,5-6,14-15,17H2,1-4H3,(H,24,28)(H,25,26). The Morgan fingerprint density at radius 2 is 1.86 bits per heavy atom. The maximum absolute atomic E-state index is 11.8.